The van der Waals surface area contributed by atoms with Gasteiger partial charge >= 0.3 is 0 Å². The zero-order valence-corrected chi connectivity index (χ0v) is 9.36. The molecule has 0 aliphatic heterocycles. The fourth-order valence-electron chi connectivity index (χ4n) is 0.714. The molecule has 0 radical (unpaired) electrons. The molecule has 0 aliphatic rings. The summed E-state index contributed by atoms with van der Waals surface area (Å²) in [5, 5.41) is 1.71. The third-order valence-corrected chi connectivity index (χ3v) is 1.96. The first-order valence-electron chi connectivity index (χ1n) is 4.10. The third-order valence-electron chi connectivity index (χ3n) is 1.81. The van der Waals surface area contributed by atoms with Crippen molar-refractivity contribution >= 4 is 12.6 Å². The van der Waals surface area contributed by atoms with Gasteiger partial charge in [-0.1, -0.05) is 12.7 Å². The van der Waals surface area contributed by atoms with Crippen molar-refractivity contribution < 1.29 is 0 Å². The second-order valence-corrected chi connectivity index (χ2v) is 3.36. The van der Waals surface area contributed by atoms with Crippen molar-refractivity contribution in [2.45, 2.75) is 20.8 Å². The Morgan fingerprint density at radius 1 is 1.23 bits per heavy atom. The molecule has 0 unspecified atom stereocenters. The largest absolute Gasteiger partial charge is 0.399 e. The van der Waals surface area contributed by atoms with Crippen LogP contribution >= 0.6 is 12.6 Å². The summed E-state index contributed by atoms with van der Waals surface area (Å²) in [6, 6.07) is 0. The molecule has 0 spiro atoms. The predicted molar refractivity (Wildman–Crippen MR) is 63.6 cm³/mol. The maximum absolute atomic E-state index is 5.74. The molecule has 0 rings (SSSR count). The van der Waals surface area contributed by atoms with Gasteiger partial charge in [-0.25, -0.2) is 0 Å². The number of thiol groups is 1. The van der Waals surface area contributed by atoms with Gasteiger partial charge in [0, 0.05) is 5.70 Å². The van der Waals surface area contributed by atoms with Gasteiger partial charge < -0.3 is 5.73 Å². The Kier molecular flexibility index (Phi) is 5.31. The molecule has 0 heterocycles. The molecule has 1 nitrogen and oxygen atoms in total. The van der Waals surface area contributed by atoms with Crippen LogP contribution in [0.1, 0.15) is 20.8 Å². The van der Waals surface area contributed by atoms with Crippen molar-refractivity contribution in [1.82, 2.24) is 0 Å². The standard InChI is InChI=1S/C11H17NS/c1-8(2)11(12)7-10(4)9(3)5-6-13/h5-7,13H,1,12H2,2-4H3/b6-5-,10-9+,11-7-. The Balaban J connectivity index is 4.80. The van der Waals surface area contributed by atoms with E-state index in [4.69, 9.17) is 5.73 Å². The van der Waals surface area contributed by atoms with Crippen molar-refractivity contribution in [2.75, 3.05) is 0 Å². The van der Waals surface area contributed by atoms with E-state index in [0.717, 1.165) is 22.4 Å². The van der Waals surface area contributed by atoms with Crippen LogP contribution in [-0.4, -0.2) is 0 Å². The molecule has 0 aromatic heterocycles. The van der Waals surface area contributed by atoms with E-state index < -0.39 is 0 Å². The minimum Gasteiger partial charge on any atom is -0.399 e. The van der Waals surface area contributed by atoms with Crippen LogP contribution in [0, 0.1) is 0 Å². The van der Waals surface area contributed by atoms with Crippen LogP contribution in [0.15, 0.2) is 46.6 Å². The highest BCUT2D eigenvalue weighted by Gasteiger charge is 1.93. The molecule has 0 bridgehead atoms. The number of allylic oxidation sites excluding steroid dienone is 5. The molecule has 0 aromatic rings. The van der Waals surface area contributed by atoms with Gasteiger partial charge in [0.2, 0.25) is 0 Å². The second kappa shape index (κ2) is 5.70. The minimum atomic E-state index is 0.726. The summed E-state index contributed by atoms with van der Waals surface area (Å²) in [4.78, 5) is 0. The van der Waals surface area contributed by atoms with Crippen LogP contribution in [0.25, 0.3) is 0 Å². The van der Waals surface area contributed by atoms with Gasteiger partial charge in [0.1, 0.15) is 0 Å². The summed E-state index contributed by atoms with van der Waals surface area (Å²) in [7, 11) is 0. The highest BCUT2D eigenvalue weighted by molar-refractivity contribution is 7.83. The van der Waals surface area contributed by atoms with Crippen LogP contribution in [-0.2, 0) is 0 Å². The maximum atomic E-state index is 5.74. The van der Waals surface area contributed by atoms with Gasteiger partial charge in [0.25, 0.3) is 0 Å². The Morgan fingerprint density at radius 2 is 1.77 bits per heavy atom. The van der Waals surface area contributed by atoms with Crippen molar-refractivity contribution in [2.24, 2.45) is 5.73 Å². The lowest BCUT2D eigenvalue weighted by molar-refractivity contribution is 1.26. The lowest BCUT2D eigenvalue weighted by atomic mass is 10.1. The van der Waals surface area contributed by atoms with Crippen molar-refractivity contribution in [3.8, 4) is 0 Å². The topological polar surface area (TPSA) is 26.0 Å². The monoisotopic (exact) mass is 195 g/mol. The lowest BCUT2D eigenvalue weighted by Gasteiger charge is -2.01. The number of hydrogen-bond donors (Lipinski definition) is 2. The third kappa shape index (κ3) is 4.63. The van der Waals surface area contributed by atoms with Crippen molar-refractivity contribution in [3.63, 3.8) is 0 Å². The van der Waals surface area contributed by atoms with E-state index in [0.29, 0.717) is 0 Å². The van der Waals surface area contributed by atoms with E-state index in [2.05, 4.69) is 19.2 Å². The number of nitrogens with two attached hydrogens (primary N) is 1. The molecule has 0 amide bonds. The molecule has 2 heteroatoms. The zero-order valence-electron chi connectivity index (χ0n) is 8.46. The predicted octanol–water partition coefficient (Wildman–Crippen LogP) is 3.19. The Bertz CT molecular complexity index is 282. The molecular weight excluding hydrogens is 178 g/mol. The Labute approximate surface area is 86.1 Å². The van der Waals surface area contributed by atoms with Crippen LogP contribution < -0.4 is 5.73 Å². The fourth-order valence-corrected chi connectivity index (χ4v) is 0.937. The molecule has 0 aromatic carbocycles. The molecule has 13 heavy (non-hydrogen) atoms. The zero-order chi connectivity index (χ0) is 10.4. The fraction of sp³-hybridized carbons (Fsp3) is 0.273. The van der Waals surface area contributed by atoms with Gasteiger partial charge in [-0.3, -0.25) is 0 Å². The lowest BCUT2D eigenvalue weighted by Crippen LogP contribution is -1.97. The van der Waals surface area contributed by atoms with Crippen LogP contribution in [0.3, 0.4) is 0 Å². The molecule has 0 fully saturated rings. The van der Waals surface area contributed by atoms with Gasteiger partial charge in [0.15, 0.2) is 0 Å². The molecule has 0 saturated heterocycles. The maximum Gasteiger partial charge on any atom is 0.0340 e. The Hall–Kier alpha value is -0.890. The van der Waals surface area contributed by atoms with Crippen molar-refractivity contribution in [1.29, 1.82) is 0 Å². The van der Waals surface area contributed by atoms with Gasteiger partial charge in [-0.2, -0.15) is 12.6 Å². The van der Waals surface area contributed by atoms with E-state index in [9.17, 15) is 0 Å². The summed E-state index contributed by atoms with van der Waals surface area (Å²) < 4.78 is 0. The van der Waals surface area contributed by atoms with E-state index >= 15 is 0 Å². The quantitative estimate of drug-likeness (QED) is 0.525. The number of hydrogen-bond acceptors (Lipinski definition) is 2. The minimum absolute atomic E-state index is 0.726. The Morgan fingerprint density at radius 3 is 2.15 bits per heavy atom. The highest BCUT2D eigenvalue weighted by atomic mass is 32.1. The summed E-state index contributed by atoms with van der Waals surface area (Å²) in [5.41, 5.74) is 9.64. The summed E-state index contributed by atoms with van der Waals surface area (Å²) in [5.74, 6) is 0. The average molecular weight is 195 g/mol. The average Bonchev–Trinajstić information content (AvgIpc) is 2.04. The molecule has 72 valence electrons. The molecule has 0 aliphatic carbocycles. The highest BCUT2D eigenvalue weighted by Crippen LogP contribution is 2.10. The first-order chi connectivity index (χ1) is 5.99. The van der Waals surface area contributed by atoms with Gasteiger partial charge in [-0.15, -0.1) is 0 Å². The smallest absolute Gasteiger partial charge is 0.0340 e. The van der Waals surface area contributed by atoms with Crippen LogP contribution in [0.2, 0.25) is 0 Å². The van der Waals surface area contributed by atoms with Gasteiger partial charge in [-0.05, 0) is 49.0 Å². The molecule has 2 N–H and O–H groups in total. The normalized spacial score (nSPS) is 14.6. The first-order valence-corrected chi connectivity index (χ1v) is 4.62. The van der Waals surface area contributed by atoms with Gasteiger partial charge in [0.05, 0.1) is 0 Å². The van der Waals surface area contributed by atoms with Crippen molar-refractivity contribution in [3.05, 3.63) is 46.6 Å². The molecule has 0 saturated carbocycles. The van der Waals surface area contributed by atoms with E-state index in [1.54, 1.807) is 5.41 Å². The summed E-state index contributed by atoms with van der Waals surface area (Å²) >= 11 is 4.00. The SMILES string of the molecule is C=C(C)/C(N)=C/C(C)=C(C)/C=C\S. The van der Waals surface area contributed by atoms with Crippen LogP contribution in [0.5, 0.6) is 0 Å². The molecule has 0 atom stereocenters. The van der Waals surface area contributed by atoms with Crippen LogP contribution in [0.4, 0.5) is 0 Å². The molecular formula is C11H17NS. The summed E-state index contributed by atoms with van der Waals surface area (Å²) in [6.45, 7) is 9.69. The second-order valence-electron chi connectivity index (χ2n) is 3.06. The van der Waals surface area contributed by atoms with E-state index in [1.165, 1.54) is 0 Å². The van der Waals surface area contributed by atoms with E-state index in [1.807, 2.05) is 32.9 Å². The summed E-state index contributed by atoms with van der Waals surface area (Å²) in [6.07, 6.45) is 3.85. The number of rotatable bonds is 3. The van der Waals surface area contributed by atoms with E-state index in [-0.39, 0.29) is 0 Å². The first kappa shape index (κ1) is 12.1.